The molecule has 128 heavy (non-hydrogen) atoms. The van der Waals surface area contributed by atoms with Crippen molar-refractivity contribution in [2.24, 2.45) is 23.7 Å². The van der Waals surface area contributed by atoms with Gasteiger partial charge in [-0.2, -0.15) is 57.4 Å². The first-order valence-corrected chi connectivity index (χ1v) is 42.4. The van der Waals surface area contributed by atoms with Gasteiger partial charge in [0.05, 0.1) is 23.8 Å². The molecule has 0 unspecified atom stereocenters. The van der Waals surface area contributed by atoms with Crippen LogP contribution in [0.3, 0.4) is 0 Å². The van der Waals surface area contributed by atoms with Crippen LogP contribution in [0.15, 0.2) is 183 Å². The van der Waals surface area contributed by atoms with Gasteiger partial charge in [0.2, 0.25) is 23.5 Å². The third kappa shape index (κ3) is 24.1. The second-order valence-corrected chi connectivity index (χ2v) is 34.1. The molecule has 16 aromatic rings. The molecule has 0 aliphatic carbocycles. The van der Waals surface area contributed by atoms with Crippen LogP contribution in [0.5, 0.6) is 92.5 Å². The van der Waals surface area contributed by atoms with Crippen LogP contribution in [0, 0.1) is 86.1 Å². The number of hydrogen-bond acceptors (Lipinski definition) is 18. The van der Waals surface area contributed by atoms with E-state index in [-0.39, 0.29) is 105 Å². The molecule has 0 atom stereocenters. The Labute approximate surface area is 805 Å². The molecule has 0 aliphatic heterocycles. The van der Waals surface area contributed by atoms with Crippen molar-refractivity contribution in [2.45, 2.75) is 174 Å². The first-order valence-electron chi connectivity index (χ1n) is 42.4. The van der Waals surface area contributed by atoms with Crippen molar-refractivity contribution in [1.29, 1.82) is 0 Å². The van der Waals surface area contributed by atoms with Crippen molar-refractivity contribution in [3.63, 3.8) is 0 Å². The molecule has 16 rings (SSSR count). The summed E-state index contributed by atoms with van der Waals surface area (Å²) >= 11 is 0. The zero-order chi connectivity index (χ0) is 87.0. The van der Waals surface area contributed by atoms with Gasteiger partial charge in [-0.1, -0.05) is 206 Å². The van der Waals surface area contributed by atoms with Crippen molar-refractivity contribution >= 4 is 43.6 Å². The van der Waals surface area contributed by atoms with Gasteiger partial charge < -0.3 is 47.0 Å². The third-order valence-corrected chi connectivity index (χ3v) is 20.4. The van der Waals surface area contributed by atoms with Gasteiger partial charge in [0.15, 0.2) is 0 Å². The molecule has 664 valence electrons. The van der Waals surface area contributed by atoms with Crippen molar-refractivity contribution < 1.29 is 120 Å². The standard InChI is InChI=1S/C56H58N6O4.C48H42N6O4.4Pd/c1-34(2)23-39-17-19-43(64-53-15-11-13-21-57-53)30-50(39)63-45-27-42(26-37(7)8)55-46-28-41(25-36(5)6)52(32-48(46)62(49(55)29-45)56-59-33-47(38(9)10)60-61-56)66-51-31-44(20-18-40(51)24-35(3)4)65-54-16-12-14-22-58-54;1-28(2)33-19-37(23-39(21-33)57-46-17-31(7)13-15-49-46)55-35-9-11-41-42-12-10-36(26-45(42)54(44(41)25-35)48-51-27-43(30(5)6)52-53-48)56-38-20-34(29(3)4)22-40(24-38)58-47-18-32(8)14-16-50-47;;;;/h11-22,27-28,33-38H,23-26H2,1-10H3;9-22,27-30H,1-8H3;;;;/q2*-4;4*+2. The van der Waals surface area contributed by atoms with E-state index < -0.39 is 0 Å². The van der Waals surface area contributed by atoms with Crippen LogP contribution in [-0.2, 0) is 107 Å². The molecule has 0 amide bonds. The van der Waals surface area contributed by atoms with Crippen LogP contribution in [0.4, 0.5) is 0 Å². The molecular weight excluding hydrogens is 1970 g/mol. The molecule has 0 bridgehead atoms. The van der Waals surface area contributed by atoms with E-state index in [1.807, 2.05) is 150 Å². The summed E-state index contributed by atoms with van der Waals surface area (Å²) in [6.07, 6.45) is 13.5. The SMILES string of the molecule is CC(C)Cc1ccc(Oc2ccccn2)[c-]c1Oc1[c-]c2c(c(CC(C)C)c1)c1cc(CC(C)C)c(Oc3[c-]c(Oc4ccccn4)ccc3CC(C)C)[c-]c1n2-c1ncc(C(C)C)nn1.Cc1ccnc(Oc2[c-]c(Oc3[c-]c4c(cc3)c3ccc(Oc5[c-]c(Oc6cc(C)ccn6)cc(C(C)C)c5)[c-]c3n4-c3ncc(C(C)C)nn3)cc(C(C)C)c2)c1.[Pd+2].[Pd+2].[Pd+2].[Pd+2]. The normalized spacial score (nSPS) is 11.3. The maximum Gasteiger partial charge on any atom is 2.00 e. The average molecular weight is 2070 g/mol. The van der Waals surface area contributed by atoms with Gasteiger partial charge in [0, 0.05) is 118 Å². The number of aryl methyl sites for hydroxylation is 2. The molecule has 0 fully saturated rings. The minimum Gasteiger partial charge on any atom is -0.509 e. The van der Waals surface area contributed by atoms with E-state index in [4.69, 9.17) is 53.0 Å². The average Bonchev–Trinajstić information content (AvgIpc) is 1.57. The number of rotatable bonds is 30. The summed E-state index contributed by atoms with van der Waals surface area (Å²) in [5.41, 5.74) is 12.7. The minimum atomic E-state index is 0. The van der Waals surface area contributed by atoms with Gasteiger partial charge in [0.25, 0.3) is 11.9 Å². The second kappa shape index (κ2) is 43.9. The molecule has 24 heteroatoms. The smallest absolute Gasteiger partial charge is 0.509 e. The molecule has 0 spiro atoms. The topological polar surface area (TPSA) is 213 Å². The Morgan fingerprint density at radius 1 is 0.281 bits per heavy atom. The fourth-order valence-electron chi connectivity index (χ4n) is 14.4. The van der Waals surface area contributed by atoms with E-state index in [9.17, 15) is 0 Å². The van der Waals surface area contributed by atoms with Gasteiger partial charge in [-0.3, -0.25) is 0 Å². The molecule has 0 saturated carbocycles. The van der Waals surface area contributed by atoms with Crippen LogP contribution < -0.4 is 37.9 Å². The summed E-state index contributed by atoms with van der Waals surface area (Å²) in [4.78, 5) is 27.2. The van der Waals surface area contributed by atoms with E-state index in [1.54, 1.807) is 37.2 Å². The molecule has 0 aliphatic rings. The first kappa shape index (κ1) is 97.6. The van der Waals surface area contributed by atoms with Crippen LogP contribution in [-0.4, -0.2) is 59.4 Å². The van der Waals surface area contributed by atoms with Crippen molar-refractivity contribution in [2.75, 3.05) is 0 Å². The van der Waals surface area contributed by atoms with Gasteiger partial charge in [0.1, 0.15) is 0 Å². The number of ether oxygens (including phenoxy) is 8. The Balaban J connectivity index is 0.000000242. The number of benzene rings is 8. The predicted octanol–water partition coefficient (Wildman–Crippen LogP) is 26.2. The molecule has 8 aromatic carbocycles. The van der Waals surface area contributed by atoms with Crippen molar-refractivity contribution in [3.8, 4) is 104 Å². The third-order valence-electron chi connectivity index (χ3n) is 20.4. The van der Waals surface area contributed by atoms with Crippen LogP contribution in [0.25, 0.3) is 55.5 Å². The summed E-state index contributed by atoms with van der Waals surface area (Å²) in [6.45, 7) is 38.4. The summed E-state index contributed by atoms with van der Waals surface area (Å²) in [6, 6.07) is 74.5. The predicted molar refractivity (Wildman–Crippen MR) is 482 cm³/mol. The maximum absolute atomic E-state index is 7.03. The number of hydrogen-bond donors (Lipinski definition) is 0. The zero-order valence-corrected chi connectivity index (χ0v) is 80.9. The summed E-state index contributed by atoms with van der Waals surface area (Å²) < 4.78 is 55.3. The molecule has 8 aromatic heterocycles. The monoisotopic (exact) mass is 2070 g/mol. The Morgan fingerprint density at radius 2 is 0.656 bits per heavy atom. The molecule has 0 saturated heterocycles. The Bertz CT molecular complexity index is 6310. The molecule has 0 N–H and O–H groups in total. The summed E-state index contributed by atoms with van der Waals surface area (Å²) in [7, 11) is 0. The van der Waals surface area contributed by atoms with Crippen molar-refractivity contribution in [1.82, 2.24) is 59.4 Å². The quantitative estimate of drug-likeness (QED) is 0.0302. The van der Waals surface area contributed by atoms with E-state index in [2.05, 4.69) is 213 Å². The van der Waals surface area contributed by atoms with E-state index >= 15 is 0 Å². The van der Waals surface area contributed by atoms with Gasteiger partial charge >= 0.3 is 81.7 Å². The number of pyridine rings is 4. The van der Waals surface area contributed by atoms with E-state index in [1.165, 1.54) is 0 Å². The van der Waals surface area contributed by atoms with E-state index in [0.29, 0.717) is 139 Å². The first-order chi connectivity index (χ1) is 59.7. The molecule has 0 radical (unpaired) electrons. The number of nitrogens with zero attached hydrogens (tertiary/aromatic N) is 12. The molecular formula is C104H100N12O8Pd4. The van der Waals surface area contributed by atoms with Crippen molar-refractivity contribution in [3.05, 3.63) is 287 Å². The minimum absolute atomic E-state index is 0. The van der Waals surface area contributed by atoms with E-state index in [0.717, 1.165) is 114 Å². The summed E-state index contributed by atoms with van der Waals surface area (Å²) in [5.74, 6) is 10.9. The molecule has 20 nitrogen and oxygen atoms in total. The zero-order valence-electron chi connectivity index (χ0n) is 74.7. The Morgan fingerprint density at radius 3 is 1.07 bits per heavy atom. The Hall–Kier alpha value is -11.0. The molecule has 8 heterocycles. The fraction of sp³-hybridized carbons (Fsp3) is 0.288. The number of fused-ring (bicyclic) bond motifs is 6. The van der Waals surface area contributed by atoms with Gasteiger partial charge in [-0.25, -0.2) is 29.9 Å². The summed E-state index contributed by atoms with van der Waals surface area (Å²) in [5, 5.41) is 22.3. The largest absolute Gasteiger partial charge is 2.00 e. The fourth-order valence-corrected chi connectivity index (χ4v) is 14.4. The number of aromatic nitrogens is 12. The Kier molecular flexibility index (Phi) is 33.5. The van der Waals surface area contributed by atoms with Crippen LogP contribution >= 0.6 is 0 Å². The second-order valence-electron chi connectivity index (χ2n) is 34.1. The van der Waals surface area contributed by atoms with Gasteiger partial charge in [-0.05, 0) is 85.3 Å². The van der Waals surface area contributed by atoms with Gasteiger partial charge in [-0.15, -0.1) is 127 Å². The van der Waals surface area contributed by atoms with Crippen LogP contribution in [0.1, 0.15) is 190 Å². The van der Waals surface area contributed by atoms with Crippen LogP contribution in [0.2, 0.25) is 0 Å². The maximum atomic E-state index is 7.03.